The molecule has 0 unspecified atom stereocenters. The molecule has 0 spiro atoms. The topological polar surface area (TPSA) is 75.3 Å². The minimum absolute atomic E-state index is 0.0100. The fourth-order valence-electron chi connectivity index (χ4n) is 2.64. The van der Waals surface area contributed by atoms with Crippen molar-refractivity contribution < 1.29 is 17.6 Å². The number of carbonyl (C=O) groups is 1. The molecule has 0 aliphatic carbocycles. The molecule has 0 radical (unpaired) electrons. The number of nitrogens with one attached hydrogen (secondary N) is 2. The SMILES string of the molecule is Cc1ccc(C(=O)NCc2ccccc2)cc1S(=O)(=O)Nc1ccc(F)cc1. The zero-order valence-electron chi connectivity index (χ0n) is 15.1. The molecule has 1 amide bonds. The van der Waals surface area contributed by atoms with Crippen LogP contribution in [-0.4, -0.2) is 14.3 Å². The molecule has 0 heterocycles. The van der Waals surface area contributed by atoms with E-state index in [2.05, 4.69) is 10.0 Å². The average Bonchev–Trinajstić information content (AvgIpc) is 2.69. The molecule has 3 rings (SSSR count). The number of anilines is 1. The van der Waals surface area contributed by atoms with Gasteiger partial charge in [0.2, 0.25) is 0 Å². The minimum atomic E-state index is -3.93. The number of benzene rings is 3. The zero-order chi connectivity index (χ0) is 20.1. The quantitative estimate of drug-likeness (QED) is 0.662. The van der Waals surface area contributed by atoms with Crippen LogP contribution in [0.2, 0.25) is 0 Å². The minimum Gasteiger partial charge on any atom is -0.348 e. The third-order valence-corrected chi connectivity index (χ3v) is 5.66. The molecule has 0 aliphatic rings. The van der Waals surface area contributed by atoms with Crippen LogP contribution < -0.4 is 10.0 Å². The summed E-state index contributed by atoms with van der Waals surface area (Å²) in [6.07, 6.45) is 0. The Morgan fingerprint density at radius 2 is 1.64 bits per heavy atom. The van der Waals surface area contributed by atoms with Crippen molar-refractivity contribution in [1.29, 1.82) is 0 Å². The molecular weight excluding hydrogens is 379 g/mol. The highest BCUT2D eigenvalue weighted by Crippen LogP contribution is 2.21. The van der Waals surface area contributed by atoms with Crippen LogP contribution >= 0.6 is 0 Å². The Balaban J connectivity index is 1.80. The molecule has 3 aromatic carbocycles. The van der Waals surface area contributed by atoms with Gasteiger partial charge < -0.3 is 5.32 Å². The first-order valence-corrected chi connectivity index (χ1v) is 10.0. The van der Waals surface area contributed by atoms with Crippen molar-refractivity contribution in [2.24, 2.45) is 0 Å². The fourth-order valence-corrected chi connectivity index (χ4v) is 3.97. The maximum Gasteiger partial charge on any atom is 0.262 e. The van der Waals surface area contributed by atoms with E-state index in [9.17, 15) is 17.6 Å². The molecule has 0 saturated carbocycles. The second-order valence-corrected chi connectivity index (χ2v) is 7.91. The molecule has 3 aromatic rings. The van der Waals surface area contributed by atoms with Gasteiger partial charge in [-0.2, -0.15) is 0 Å². The largest absolute Gasteiger partial charge is 0.348 e. The molecule has 2 N–H and O–H groups in total. The molecule has 0 aromatic heterocycles. The number of hydrogen-bond acceptors (Lipinski definition) is 3. The molecule has 144 valence electrons. The first kappa shape index (κ1) is 19.6. The highest BCUT2D eigenvalue weighted by molar-refractivity contribution is 7.92. The summed E-state index contributed by atoms with van der Waals surface area (Å²) in [7, 11) is -3.93. The van der Waals surface area contributed by atoms with Gasteiger partial charge in [-0.1, -0.05) is 36.4 Å². The third-order valence-electron chi connectivity index (χ3n) is 4.13. The number of rotatable bonds is 6. The van der Waals surface area contributed by atoms with Gasteiger partial charge in [-0.25, -0.2) is 12.8 Å². The Morgan fingerprint density at radius 3 is 2.32 bits per heavy atom. The van der Waals surface area contributed by atoms with E-state index in [1.54, 1.807) is 19.1 Å². The number of carbonyl (C=O) groups excluding carboxylic acids is 1. The Bertz CT molecular complexity index is 1080. The van der Waals surface area contributed by atoms with Crippen molar-refractivity contribution in [2.45, 2.75) is 18.4 Å². The summed E-state index contributed by atoms with van der Waals surface area (Å²) in [5.41, 5.74) is 1.91. The van der Waals surface area contributed by atoms with E-state index in [4.69, 9.17) is 0 Å². The third kappa shape index (κ3) is 4.75. The molecule has 5 nitrogen and oxygen atoms in total. The standard InChI is InChI=1S/C21H19FN2O3S/c1-15-7-8-17(21(25)23-14-16-5-3-2-4-6-16)13-20(15)28(26,27)24-19-11-9-18(22)10-12-19/h2-13,24H,14H2,1H3,(H,23,25). The van der Waals surface area contributed by atoms with Crippen LogP contribution in [0.25, 0.3) is 0 Å². The fraction of sp³-hybridized carbons (Fsp3) is 0.0952. The number of hydrogen-bond donors (Lipinski definition) is 2. The molecule has 28 heavy (non-hydrogen) atoms. The average molecular weight is 398 g/mol. The van der Waals surface area contributed by atoms with Crippen LogP contribution in [0.1, 0.15) is 21.5 Å². The van der Waals surface area contributed by atoms with Crippen molar-refractivity contribution in [3.63, 3.8) is 0 Å². The lowest BCUT2D eigenvalue weighted by molar-refractivity contribution is 0.0950. The second kappa shape index (κ2) is 8.22. The predicted molar refractivity (Wildman–Crippen MR) is 106 cm³/mol. The summed E-state index contributed by atoms with van der Waals surface area (Å²) in [4.78, 5) is 12.4. The van der Waals surface area contributed by atoms with Gasteiger partial charge in [-0.3, -0.25) is 9.52 Å². The van der Waals surface area contributed by atoms with Gasteiger partial charge in [0.25, 0.3) is 15.9 Å². The second-order valence-electron chi connectivity index (χ2n) is 6.26. The van der Waals surface area contributed by atoms with Gasteiger partial charge in [-0.15, -0.1) is 0 Å². The van der Waals surface area contributed by atoms with Crippen molar-refractivity contribution in [2.75, 3.05) is 4.72 Å². The van der Waals surface area contributed by atoms with Crippen LogP contribution in [0, 0.1) is 12.7 Å². The summed E-state index contributed by atoms with van der Waals surface area (Å²) in [5, 5.41) is 2.77. The highest BCUT2D eigenvalue weighted by Gasteiger charge is 2.19. The van der Waals surface area contributed by atoms with Crippen LogP contribution in [-0.2, 0) is 16.6 Å². The number of halogens is 1. The monoisotopic (exact) mass is 398 g/mol. The number of aryl methyl sites for hydroxylation is 1. The number of amides is 1. The Labute approximate surface area is 163 Å². The lowest BCUT2D eigenvalue weighted by Gasteiger charge is -2.12. The van der Waals surface area contributed by atoms with Crippen LogP contribution in [0.5, 0.6) is 0 Å². The smallest absolute Gasteiger partial charge is 0.262 e. The Morgan fingerprint density at radius 1 is 0.964 bits per heavy atom. The molecular formula is C21H19FN2O3S. The summed E-state index contributed by atoms with van der Waals surface area (Å²) < 4.78 is 40.9. The van der Waals surface area contributed by atoms with Crippen LogP contribution in [0.3, 0.4) is 0 Å². The molecule has 0 fully saturated rings. The Hall–Kier alpha value is -3.19. The van der Waals surface area contributed by atoms with E-state index >= 15 is 0 Å². The molecule has 0 aliphatic heterocycles. The van der Waals surface area contributed by atoms with E-state index in [1.165, 1.54) is 18.2 Å². The summed E-state index contributed by atoms with van der Waals surface area (Å²) in [6.45, 7) is 1.98. The van der Waals surface area contributed by atoms with E-state index in [1.807, 2.05) is 30.3 Å². The molecule has 0 atom stereocenters. The normalized spacial score (nSPS) is 11.1. The Kier molecular flexibility index (Phi) is 5.75. The van der Waals surface area contributed by atoms with Crippen molar-refractivity contribution in [1.82, 2.24) is 5.32 Å². The van der Waals surface area contributed by atoms with Gasteiger partial charge in [0.05, 0.1) is 4.90 Å². The first-order chi connectivity index (χ1) is 13.3. The van der Waals surface area contributed by atoms with E-state index < -0.39 is 15.8 Å². The van der Waals surface area contributed by atoms with E-state index in [0.29, 0.717) is 12.1 Å². The van der Waals surface area contributed by atoms with Crippen molar-refractivity contribution >= 4 is 21.6 Å². The van der Waals surface area contributed by atoms with Gasteiger partial charge in [0.1, 0.15) is 5.82 Å². The lowest BCUT2D eigenvalue weighted by Crippen LogP contribution is -2.23. The summed E-state index contributed by atoms with van der Waals surface area (Å²) in [6, 6.07) is 18.9. The summed E-state index contributed by atoms with van der Waals surface area (Å²) in [5.74, 6) is -0.835. The van der Waals surface area contributed by atoms with Crippen LogP contribution in [0.15, 0.2) is 77.7 Å². The first-order valence-electron chi connectivity index (χ1n) is 8.56. The lowest BCUT2D eigenvalue weighted by atomic mass is 10.1. The maximum atomic E-state index is 13.0. The molecule has 7 heteroatoms. The van der Waals surface area contributed by atoms with Crippen LogP contribution in [0.4, 0.5) is 10.1 Å². The number of sulfonamides is 1. The molecule has 0 saturated heterocycles. The van der Waals surface area contributed by atoms with Crippen molar-refractivity contribution in [3.05, 3.63) is 95.3 Å². The van der Waals surface area contributed by atoms with Gasteiger partial charge in [-0.05, 0) is 54.4 Å². The van der Waals surface area contributed by atoms with Crippen molar-refractivity contribution in [3.8, 4) is 0 Å². The van der Waals surface area contributed by atoms with Gasteiger partial charge in [0.15, 0.2) is 0 Å². The van der Waals surface area contributed by atoms with Gasteiger partial charge >= 0.3 is 0 Å². The molecule has 0 bridgehead atoms. The zero-order valence-corrected chi connectivity index (χ0v) is 16.0. The maximum absolute atomic E-state index is 13.0. The summed E-state index contributed by atoms with van der Waals surface area (Å²) >= 11 is 0. The van der Waals surface area contributed by atoms with E-state index in [0.717, 1.165) is 17.7 Å². The van der Waals surface area contributed by atoms with Gasteiger partial charge in [0, 0.05) is 17.8 Å². The highest BCUT2D eigenvalue weighted by atomic mass is 32.2. The van der Waals surface area contributed by atoms with E-state index in [-0.39, 0.29) is 22.1 Å². The predicted octanol–water partition coefficient (Wildman–Crippen LogP) is 3.86.